The average Bonchev–Trinajstić information content (AvgIpc) is 2.03. The Morgan fingerprint density at radius 2 is 2.36 bits per heavy atom. The summed E-state index contributed by atoms with van der Waals surface area (Å²) in [5, 5.41) is 16.4. The fourth-order valence-corrected chi connectivity index (χ4v) is 0.385. The molecule has 0 aromatic rings. The van der Waals surface area contributed by atoms with Gasteiger partial charge in [-0.3, -0.25) is 0 Å². The molecule has 0 spiro atoms. The van der Waals surface area contributed by atoms with E-state index in [0.29, 0.717) is 0 Å². The number of esters is 1. The normalized spacial score (nSPS) is 10.4. The van der Waals surface area contributed by atoms with E-state index in [1.165, 1.54) is 0 Å². The van der Waals surface area contributed by atoms with E-state index < -0.39 is 12.1 Å². The third kappa shape index (κ3) is 3.72. The molecule has 11 heavy (non-hydrogen) atoms. The van der Waals surface area contributed by atoms with Gasteiger partial charge in [0.05, 0.1) is 12.5 Å². The van der Waals surface area contributed by atoms with Crippen molar-refractivity contribution in [2.75, 3.05) is 0 Å². The lowest BCUT2D eigenvalue weighted by Crippen LogP contribution is -2.13. The van der Waals surface area contributed by atoms with Crippen molar-refractivity contribution in [1.29, 1.82) is 10.5 Å². The first kappa shape index (κ1) is 9.19. The second-order valence-electron chi connectivity index (χ2n) is 1.62. The van der Waals surface area contributed by atoms with Crippen LogP contribution in [0.1, 0.15) is 6.42 Å². The lowest BCUT2D eigenvalue weighted by molar-refractivity contribution is -0.140. The highest BCUT2D eigenvalue weighted by atomic mass is 16.5. The summed E-state index contributed by atoms with van der Waals surface area (Å²) in [6.07, 6.45) is -0.150. The Labute approximate surface area is 64.3 Å². The SMILES string of the molecule is C=CC(=O)OC(C#N)CC#N. The van der Waals surface area contributed by atoms with Crippen LogP contribution in [-0.4, -0.2) is 12.1 Å². The van der Waals surface area contributed by atoms with Crippen LogP contribution in [0.5, 0.6) is 0 Å². The van der Waals surface area contributed by atoms with Crippen LogP contribution in [0, 0.1) is 22.7 Å². The van der Waals surface area contributed by atoms with Crippen molar-refractivity contribution in [2.24, 2.45) is 0 Å². The standard InChI is InChI=1S/C7H6N2O2/c1-2-7(10)11-6(5-9)3-4-8/h2,6H,1,3H2. The minimum absolute atomic E-state index is 0.115. The molecule has 0 bridgehead atoms. The fraction of sp³-hybridized carbons (Fsp3) is 0.286. The van der Waals surface area contributed by atoms with Crippen molar-refractivity contribution in [3.05, 3.63) is 12.7 Å². The summed E-state index contributed by atoms with van der Waals surface area (Å²) >= 11 is 0. The Hall–Kier alpha value is -1.81. The first-order valence-electron chi connectivity index (χ1n) is 2.84. The molecule has 0 heterocycles. The smallest absolute Gasteiger partial charge is 0.331 e. The lowest BCUT2D eigenvalue weighted by Gasteiger charge is -2.02. The molecule has 0 radical (unpaired) electrons. The summed E-state index contributed by atoms with van der Waals surface area (Å²) in [4.78, 5) is 10.5. The number of hydrogen-bond acceptors (Lipinski definition) is 4. The Morgan fingerprint density at radius 1 is 1.73 bits per heavy atom. The molecular weight excluding hydrogens is 144 g/mol. The molecule has 0 saturated heterocycles. The number of rotatable bonds is 3. The van der Waals surface area contributed by atoms with Gasteiger partial charge in [0.25, 0.3) is 0 Å². The molecule has 0 saturated carbocycles. The second kappa shape index (κ2) is 5.01. The van der Waals surface area contributed by atoms with Crippen molar-refractivity contribution >= 4 is 5.97 Å². The lowest BCUT2D eigenvalue weighted by atomic mass is 10.3. The Morgan fingerprint density at radius 3 is 2.73 bits per heavy atom. The number of carbonyl (C=O) groups is 1. The maximum Gasteiger partial charge on any atom is 0.331 e. The topological polar surface area (TPSA) is 73.9 Å². The number of carbonyl (C=O) groups excluding carboxylic acids is 1. The molecule has 0 aromatic carbocycles. The van der Waals surface area contributed by atoms with Gasteiger partial charge in [-0.25, -0.2) is 4.79 Å². The molecule has 4 heteroatoms. The van der Waals surface area contributed by atoms with E-state index in [0.717, 1.165) is 6.08 Å². The van der Waals surface area contributed by atoms with Gasteiger partial charge in [-0.2, -0.15) is 10.5 Å². The molecule has 0 aliphatic carbocycles. The molecule has 1 unspecified atom stereocenters. The summed E-state index contributed by atoms with van der Waals surface area (Å²) < 4.78 is 4.45. The van der Waals surface area contributed by atoms with Gasteiger partial charge < -0.3 is 4.74 Å². The monoisotopic (exact) mass is 150 g/mol. The van der Waals surface area contributed by atoms with Gasteiger partial charge in [0.2, 0.25) is 6.10 Å². The molecule has 4 nitrogen and oxygen atoms in total. The molecule has 0 fully saturated rings. The number of ether oxygens (including phenoxy) is 1. The third-order valence-electron chi connectivity index (χ3n) is 0.846. The zero-order valence-corrected chi connectivity index (χ0v) is 5.78. The molecule has 0 aromatic heterocycles. The molecule has 0 N–H and O–H groups in total. The fourth-order valence-electron chi connectivity index (χ4n) is 0.385. The molecule has 0 amide bonds. The maximum absolute atomic E-state index is 10.5. The third-order valence-corrected chi connectivity index (χ3v) is 0.846. The Balaban J connectivity index is 3.92. The van der Waals surface area contributed by atoms with Gasteiger partial charge in [-0.05, 0) is 0 Å². The van der Waals surface area contributed by atoms with Crippen LogP contribution in [-0.2, 0) is 9.53 Å². The van der Waals surface area contributed by atoms with Crippen molar-refractivity contribution in [3.8, 4) is 12.1 Å². The highest BCUT2D eigenvalue weighted by Gasteiger charge is 2.09. The first-order valence-corrected chi connectivity index (χ1v) is 2.84. The summed E-state index contributed by atoms with van der Waals surface area (Å²) in [5.74, 6) is -0.688. The van der Waals surface area contributed by atoms with Gasteiger partial charge in [0.15, 0.2) is 0 Å². The van der Waals surface area contributed by atoms with Crippen LogP contribution in [0.15, 0.2) is 12.7 Å². The second-order valence-corrected chi connectivity index (χ2v) is 1.62. The molecular formula is C7H6N2O2. The highest BCUT2D eigenvalue weighted by Crippen LogP contribution is 1.96. The Bertz CT molecular complexity index is 234. The molecule has 0 aliphatic heterocycles. The highest BCUT2D eigenvalue weighted by molar-refractivity contribution is 5.81. The summed E-state index contributed by atoms with van der Waals surface area (Å²) in [7, 11) is 0. The zero-order valence-electron chi connectivity index (χ0n) is 5.78. The van der Waals surface area contributed by atoms with E-state index in [-0.39, 0.29) is 6.42 Å². The van der Waals surface area contributed by atoms with E-state index in [2.05, 4.69) is 11.3 Å². The van der Waals surface area contributed by atoms with Crippen molar-refractivity contribution in [2.45, 2.75) is 12.5 Å². The van der Waals surface area contributed by atoms with Gasteiger partial charge in [0.1, 0.15) is 6.07 Å². The number of hydrogen-bond donors (Lipinski definition) is 0. The molecule has 0 aliphatic rings. The number of nitrogens with zero attached hydrogens (tertiary/aromatic N) is 2. The van der Waals surface area contributed by atoms with Crippen LogP contribution in [0.4, 0.5) is 0 Å². The van der Waals surface area contributed by atoms with Crippen molar-refractivity contribution in [3.63, 3.8) is 0 Å². The number of nitriles is 2. The predicted molar refractivity (Wildman–Crippen MR) is 35.9 cm³/mol. The predicted octanol–water partition coefficient (Wildman–Crippen LogP) is 0.521. The van der Waals surface area contributed by atoms with E-state index in [1.54, 1.807) is 12.1 Å². The minimum Gasteiger partial charge on any atom is -0.443 e. The largest absolute Gasteiger partial charge is 0.443 e. The molecule has 0 rings (SSSR count). The van der Waals surface area contributed by atoms with Crippen LogP contribution < -0.4 is 0 Å². The van der Waals surface area contributed by atoms with Crippen molar-refractivity contribution < 1.29 is 9.53 Å². The molecule has 1 atom stereocenters. The Kier molecular flexibility index (Phi) is 4.19. The van der Waals surface area contributed by atoms with Gasteiger partial charge in [-0.15, -0.1) is 0 Å². The van der Waals surface area contributed by atoms with Gasteiger partial charge >= 0.3 is 5.97 Å². The van der Waals surface area contributed by atoms with E-state index in [1.807, 2.05) is 0 Å². The summed E-state index contributed by atoms with van der Waals surface area (Å²) in [5.41, 5.74) is 0. The quantitative estimate of drug-likeness (QED) is 0.434. The van der Waals surface area contributed by atoms with E-state index in [4.69, 9.17) is 10.5 Å². The van der Waals surface area contributed by atoms with E-state index in [9.17, 15) is 4.79 Å². The first-order chi connectivity index (χ1) is 5.24. The van der Waals surface area contributed by atoms with Crippen LogP contribution in [0.2, 0.25) is 0 Å². The minimum atomic E-state index is -0.981. The van der Waals surface area contributed by atoms with Gasteiger partial charge in [-0.1, -0.05) is 6.58 Å². The average molecular weight is 150 g/mol. The van der Waals surface area contributed by atoms with E-state index >= 15 is 0 Å². The van der Waals surface area contributed by atoms with Crippen LogP contribution in [0.25, 0.3) is 0 Å². The van der Waals surface area contributed by atoms with Crippen LogP contribution in [0.3, 0.4) is 0 Å². The zero-order chi connectivity index (χ0) is 8.69. The molecule has 56 valence electrons. The van der Waals surface area contributed by atoms with Crippen LogP contribution >= 0.6 is 0 Å². The van der Waals surface area contributed by atoms with Crippen molar-refractivity contribution in [1.82, 2.24) is 0 Å². The summed E-state index contributed by atoms with van der Waals surface area (Å²) in [6, 6.07) is 3.37. The summed E-state index contributed by atoms with van der Waals surface area (Å²) in [6.45, 7) is 3.14. The van der Waals surface area contributed by atoms with Gasteiger partial charge in [0, 0.05) is 6.08 Å². The maximum atomic E-state index is 10.5.